The second-order valence-corrected chi connectivity index (χ2v) is 11.5. The fourth-order valence-corrected chi connectivity index (χ4v) is 6.48. The highest BCUT2D eigenvalue weighted by Crippen LogP contribution is 2.58. The molecule has 2 aliphatic rings. The average Bonchev–Trinajstić information content (AvgIpc) is 3.45. The van der Waals surface area contributed by atoms with E-state index in [1.54, 1.807) is 12.1 Å². The van der Waals surface area contributed by atoms with E-state index in [-0.39, 0.29) is 18.2 Å². The molecule has 45 heavy (non-hydrogen) atoms. The number of hydrogen-bond donors (Lipinski definition) is 0. The lowest BCUT2D eigenvalue weighted by molar-refractivity contribution is -0.191. The van der Waals surface area contributed by atoms with Crippen molar-refractivity contribution < 1.29 is 18.7 Å². The number of nitrogens with zero attached hydrogens (tertiary/aromatic N) is 7. The van der Waals surface area contributed by atoms with Gasteiger partial charge in [0.15, 0.2) is 0 Å². The monoisotopic (exact) mass is 605 g/mol. The number of pyridine rings is 1. The van der Waals surface area contributed by atoms with Gasteiger partial charge < -0.3 is 13.9 Å². The van der Waals surface area contributed by atoms with Gasteiger partial charge in [0.1, 0.15) is 18.2 Å². The lowest BCUT2D eigenvalue weighted by Gasteiger charge is -2.31. The predicted molar refractivity (Wildman–Crippen MR) is 161 cm³/mol. The molecule has 2 aromatic carbocycles. The molecule has 5 aromatic rings. The number of hydrogen-bond acceptors (Lipinski definition) is 8. The molecule has 228 valence electrons. The zero-order chi connectivity index (χ0) is 31.4. The van der Waals surface area contributed by atoms with Crippen LogP contribution in [0.25, 0.3) is 11.0 Å². The molecule has 1 aliphatic heterocycles. The maximum atomic E-state index is 14.3. The Morgan fingerprint density at radius 3 is 2.71 bits per heavy atom. The smallest absolute Gasteiger partial charge is 0.373 e. The molecular weight excluding hydrogens is 573 g/mol. The van der Waals surface area contributed by atoms with Crippen molar-refractivity contribution in [1.82, 2.24) is 29.0 Å². The maximum absolute atomic E-state index is 14.3. The lowest BCUT2D eigenvalue weighted by Crippen LogP contribution is -2.37. The number of nitriles is 1. The second-order valence-electron chi connectivity index (χ2n) is 11.5. The third kappa shape index (κ3) is 6.11. The summed E-state index contributed by atoms with van der Waals surface area (Å²) in [5, 5.41) is 8.97. The summed E-state index contributed by atoms with van der Waals surface area (Å²) in [5.74, 6) is 1.67. The maximum Gasteiger partial charge on any atom is 0.373 e. The standard InChI is InChI=1S/C33H32FN7O.CO2/c1-2-40-22-36-17-26(40)19-41-29-7-4-3-6-28(29)37-31(41)20-39-13-12-33(15-25(33)18-39)30-8-5-9-32(38-30)42-21-24-11-10-23(16-35)14-27(24)34;2-1-3/h3-11,14,17,22,25H,2,12-13,15,18-21H2,1H3;/t25-,33+;/m1./s1. The van der Waals surface area contributed by atoms with E-state index in [0.29, 0.717) is 22.9 Å². The molecule has 0 N–H and O–H groups in total. The Morgan fingerprint density at radius 2 is 1.93 bits per heavy atom. The highest BCUT2D eigenvalue weighted by molar-refractivity contribution is 5.76. The van der Waals surface area contributed by atoms with Crippen LogP contribution in [0.3, 0.4) is 0 Å². The number of ether oxygens (including phenoxy) is 1. The Kier molecular flexibility index (Phi) is 8.52. The summed E-state index contributed by atoms with van der Waals surface area (Å²) >= 11 is 0. The number of carbonyl (C=O) groups excluding carboxylic acids is 2. The largest absolute Gasteiger partial charge is 0.473 e. The first-order valence-corrected chi connectivity index (χ1v) is 14.9. The van der Waals surface area contributed by atoms with E-state index in [1.807, 2.05) is 36.8 Å². The third-order valence-electron chi connectivity index (χ3n) is 8.93. The third-order valence-corrected chi connectivity index (χ3v) is 8.93. The second kappa shape index (κ2) is 12.8. The van der Waals surface area contributed by atoms with Gasteiger partial charge in [-0.1, -0.05) is 24.3 Å². The molecule has 7 rings (SSSR count). The topological polar surface area (TPSA) is 119 Å². The number of rotatable bonds is 9. The van der Waals surface area contributed by atoms with Crippen LogP contribution < -0.4 is 4.74 Å². The first-order chi connectivity index (χ1) is 22.0. The van der Waals surface area contributed by atoms with Crippen LogP contribution in [-0.2, 0) is 41.2 Å². The fourth-order valence-electron chi connectivity index (χ4n) is 6.48. The molecule has 10 nitrogen and oxygen atoms in total. The van der Waals surface area contributed by atoms with Crippen molar-refractivity contribution in [2.45, 2.75) is 51.4 Å². The molecule has 0 unspecified atom stereocenters. The Balaban J connectivity index is 0.00000115. The van der Waals surface area contributed by atoms with Gasteiger partial charge in [-0.3, -0.25) is 4.90 Å². The van der Waals surface area contributed by atoms with Gasteiger partial charge >= 0.3 is 6.15 Å². The molecule has 4 heterocycles. The van der Waals surface area contributed by atoms with Gasteiger partial charge in [0.05, 0.1) is 53.5 Å². The molecular formula is C34H32FN7O3. The number of likely N-dealkylation sites (tertiary alicyclic amines) is 1. The van der Waals surface area contributed by atoms with Crippen molar-refractivity contribution in [3.8, 4) is 11.9 Å². The van der Waals surface area contributed by atoms with Crippen molar-refractivity contribution in [3.63, 3.8) is 0 Å². The SMILES string of the molecule is CCn1cncc1Cn1c(CN2CC[C@]3(c4cccc(OCc5ccc(C#N)cc5F)n4)C[C@@H]3C2)nc2ccccc21.O=C=O. The van der Waals surface area contributed by atoms with E-state index in [0.717, 1.165) is 68.1 Å². The Bertz CT molecular complexity index is 1910. The molecule has 0 radical (unpaired) electrons. The minimum atomic E-state index is -0.442. The minimum Gasteiger partial charge on any atom is -0.473 e. The van der Waals surface area contributed by atoms with Gasteiger partial charge in [-0.05, 0) is 62.6 Å². The first-order valence-electron chi connectivity index (χ1n) is 14.9. The predicted octanol–water partition coefficient (Wildman–Crippen LogP) is 4.87. The molecule has 0 bridgehead atoms. The molecule has 1 saturated carbocycles. The van der Waals surface area contributed by atoms with Crippen LogP contribution in [0.4, 0.5) is 4.39 Å². The van der Waals surface area contributed by atoms with Crippen molar-refractivity contribution in [2.75, 3.05) is 13.1 Å². The van der Waals surface area contributed by atoms with Crippen LogP contribution in [0.2, 0.25) is 0 Å². The van der Waals surface area contributed by atoms with E-state index in [9.17, 15) is 4.39 Å². The summed E-state index contributed by atoms with van der Waals surface area (Å²) in [5.41, 5.74) is 5.18. The van der Waals surface area contributed by atoms with Crippen LogP contribution in [0.15, 0.2) is 73.2 Å². The van der Waals surface area contributed by atoms with Crippen molar-refractivity contribution >= 4 is 17.2 Å². The van der Waals surface area contributed by atoms with Crippen LogP contribution >= 0.6 is 0 Å². The van der Waals surface area contributed by atoms with E-state index in [2.05, 4.69) is 50.2 Å². The normalized spacial score (nSPS) is 18.7. The summed E-state index contributed by atoms with van der Waals surface area (Å²) < 4.78 is 24.7. The Morgan fingerprint density at radius 1 is 1.09 bits per heavy atom. The van der Waals surface area contributed by atoms with Gasteiger partial charge in [-0.25, -0.2) is 19.3 Å². The number of imidazole rings is 2. The van der Waals surface area contributed by atoms with E-state index in [1.165, 1.54) is 11.8 Å². The summed E-state index contributed by atoms with van der Waals surface area (Å²) in [4.78, 5) is 33.1. The summed E-state index contributed by atoms with van der Waals surface area (Å²) in [7, 11) is 0. The van der Waals surface area contributed by atoms with Gasteiger partial charge in [0.2, 0.25) is 5.88 Å². The molecule has 1 aliphatic carbocycles. The van der Waals surface area contributed by atoms with Gasteiger partial charge in [0, 0.05) is 36.3 Å². The quantitative estimate of drug-likeness (QED) is 0.234. The van der Waals surface area contributed by atoms with E-state index < -0.39 is 5.82 Å². The number of benzene rings is 2. The Hall–Kier alpha value is -5.17. The van der Waals surface area contributed by atoms with Gasteiger partial charge in [-0.15, -0.1) is 0 Å². The Labute approximate surface area is 259 Å². The summed E-state index contributed by atoms with van der Waals surface area (Å²) in [6, 6.07) is 20.6. The number of halogens is 1. The molecule has 2 atom stereocenters. The summed E-state index contributed by atoms with van der Waals surface area (Å²) in [6.45, 7) is 6.61. The molecule has 1 saturated heterocycles. The molecule has 2 fully saturated rings. The number of para-hydroxylation sites is 2. The van der Waals surface area contributed by atoms with Gasteiger partial charge in [0.25, 0.3) is 0 Å². The number of fused-ring (bicyclic) bond motifs is 2. The highest BCUT2D eigenvalue weighted by Gasteiger charge is 2.58. The van der Waals surface area contributed by atoms with Crippen LogP contribution in [0.1, 0.15) is 48.1 Å². The zero-order valence-corrected chi connectivity index (χ0v) is 24.9. The number of aromatic nitrogens is 5. The number of aryl methyl sites for hydroxylation is 1. The number of piperidine rings is 1. The lowest BCUT2D eigenvalue weighted by atomic mass is 9.91. The highest BCUT2D eigenvalue weighted by atomic mass is 19.1. The first kappa shape index (κ1) is 29.9. The minimum absolute atomic E-state index is 0.0677. The fraction of sp³-hybridized carbons (Fsp3) is 0.324. The van der Waals surface area contributed by atoms with Crippen molar-refractivity contribution in [2.24, 2.45) is 5.92 Å². The molecule has 0 spiro atoms. The van der Waals surface area contributed by atoms with Crippen molar-refractivity contribution in [1.29, 1.82) is 5.26 Å². The summed E-state index contributed by atoms with van der Waals surface area (Å²) in [6.07, 6.45) is 6.23. The van der Waals surface area contributed by atoms with E-state index in [4.69, 9.17) is 29.6 Å². The molecule has 3 aromatic heterocycles. The van der Waals surface area contributed by atoms with Crippen LogP contribution in [0, 0.1) is 23.1 Å². The molecule has 11 heteroatoms. The van der Waals surface area contributed by atoms with Crippen molar-refractivity contribution in [3.05, 3.63) is 107 Å². The van der Waals surface area contributed by atoms with Crippen LogP contribution in [-0.4, -0.2) is 48.2 Å². The molecule has 0 amide bonds. The zero-order valence-electron chi connectivity index (χ0n) is 24.9. The van der Waals surface area contributed by atoms with Crippen LogP contribution in [0.5, 0.6) is 5.88 Å². The van der Waals surface area contributed by atoms with E-state index >= 15 is 0 Å². The average molecular weight is 606 g/mol. The van der Waals surface area contributed by atoms with Gasteiger partial charge in [-0.2, -0.15) is 14.9 Å².